The number of hydrogen-bond acceptors (Lipinski definition) is 7. The molecule has 0 atom stereocenters. The molecule has 0 radical (unpaired) electrons. The summed E-state index contributed by atoms with van der Waals surface area (Å²) in [5.74, 6) is 0. The van der Waals surface area contributed by atoms with Crippen LogP contribution in [-0.4, -0.2) is 81.6 Å². The summed E-state index contributed by atoms with van der Waals surface area (Å²) in [4.78, 5) is 0. The van der Waals surface area contributed by atoms with E-state index in [1.807, 2.05) is 6.20 Å². The van der Waals surface area contributed by atoms with E-state index in [1.54, 1.807) is 11.8 Å². The van der Waals surface area contributed by atoms with Crippen molar-refractivity contribution < 1.29 is 23.7 Å². The summed E-state index contributed by atoms with van der Waals surface area (Å²) in [6.45, 7) is 7.97. The molecule has 0 aliphatic rings. The third-order valence-electron chi connectivity index (χ3n) is 2.96. The summed E-state index contributed by atoms with van der Waals surface area (Å²) in [6.07, 6.45) is 2.84. The zero-order chi connectivity index (χ0) is 16.6. The molecule has 0 fully saturated rings. The quantitative estimate of drug-likeness (QED) is 0.409. The van der Waals surface area contributed by atoms with E-state index in [9.17, 15) is 0 Å². The Morgan fingerprint density at radius 2 is 1.35 bits per heavy atom. The van der Waals surface area contributed by atoms with E-state index in [1.165, 1.54) is 0 Å². The predicted molar refractivity (Wildman–Crippen MR) is 84.6 cm³/mol. The smallest absolute Gasteiger partial charge is 0.0824 e. The number of nitrogens with zero attached hydrogens (tertiary/aromatic N) is 3. The summed E-state index contributed by atoms with van der Waals surface area (Å²) in [7, 11) is 1.65. The molecule has 134 valence electrons. The first-order valence-electron chi connectivity index (χ1n) is 8.05. The highest BCUT2D eigenvalue weighted by atomic mass is 16.6. The van der Waals surface area contributed by atoms with Crippen LogP contribution in [0.3, 0.4) is 0 Å². The van der Waals surface area contributed by atoms with Gasteiger partial charge in [0.2, 0.25) is 0 Å². The van der Waals surface area contributed by atoms with Crippen molar-refractivity contribution in [3.05, 3.63) is 11.9 Å². The summed E-state index contributed by atoms with van der Waals surface area (Å²) < 4.78 is 28.2. The fourth-order valence-electron chi connectivity index (χ4n) is 1.67. The van der Waals surface area contributed by atoms with Crippen LogP contribution in [0.4, 0.5) is 0 Å². The molecule has 1 aromatic heterocycles. The Morgan fingerprint density at radius 3 is 1.83 bits per heavy atom. The number of methoxy groups -OCH3 is 1. The molecule has 0 spiro atoms. The van der Waals surface area contributed by atoms with Crippen LogP contribution in [-0.2, 0) is 36.6 Å². The summed E-state index contributed by atoms with van der Waals surface area (Å²) in [5.41, 5.74) is 0.998. The molecule has 0 unspecified atom stereocenters. The van der Waals surface area contributed by atoms with E-state index in [0.717, 1.165) is 12.1 Å². The summed E-state index contributed by atoms with van der Waals surface area (Å²) in [6, 6.07) is 0. The maximum atomic E-state index is 5.48. The Hall–Kier alpha value is -1.06. The van der Waals surface area contributed by atoms with Crippen molar-refractivity contribution in [1.29, 1.82) is 0 Å². The van der Waals surface area contributed by atoms with Gasteiger partial charge >= 0.3 is 0 Å². The van der Waals surface area contributed by atoms with Crippen LogP contribution < -0.4 is 0 Å². The molecule has 8 nitrogen and oxygen atoms in total. The minimum atomic E-state index is 0.560. The number of ether oxygens (including phenoxy) is 5. The van der Waals surface area contributed by atoms with E-state index in [0.29, 0.717) is 66.0 Å². The normalized spacial score (nSPS) is 11.2. The minimum absolute atomic E-state index is 0.560. The second-order valence-corrected chi connectivity index (χ2v) is 4.77. The van der Waals surface area contributed by atoms with Gasteiger partial charge in [0.05, 0.1) is 71.7 Å². The van der Waals surface area contributed by atoms with Gasteiger partial charge in [-0.05, 0) is 6.42 Å². The molecule has 1 rings (SSSR count). The molecule has 1 aromatic rings. The largest absolute Gasteiger partial charge is 0.382 e. The number of hydrogen-bond donors (Lipinski definition) is 0. The first kappa shape index (κ1) is 20.0. The van der Waals surface area contributed by atoms with Crippen molar-refractivity contribution in [2.24, 2.45) is 0 Å². The van der Waals surface area contributed by atoms with E-state index in [4.69, 9.17) is 23.7 Å². The SMILES string of the molecule is CCc1cn(CCOCCOCCOCCOCCOC)nn1. The second-order valence-electron chi connectivity index (χ2n) is 4.77. The number of aryl methyl sites for hydroxylation is 1. The van der Waals surface area contributed by atoms with Crippen LogP contribution >= 0.6 is 0 Å². The highest BCUT2D eigenvalue weighted by Gasteiger charge is 1.98. The van der Waals surface area contributed by atoms with Crippen molar-refractivity contribution in [3.63, 3.8) is 0 Å². The van der Waals surface area contributed by atoms with Crippen molar-refractivity contribution in [2.45, 2.75) is 19.9 Å². The third kappa shape index (κ3) is 11.2. The highest BCUT2D eigenvalue weighted by molar-refractivity contribution is 4.90. The van der Waals surface area contributed by atoms with Gasteiger partial charge in [-0.1, -0.05) is 12.1 Å². The Kier molecular flexibility index (Phi) is 12.6. The Bertz CT molecular complexity index is 376. The van der Waals surface area contributed by atoms with Gasteiger partial charge in [0, 0.05) is 13.3 Å². The third-order valence-corrected chi connectivity index (χ3v) is 2.96. The molecule has 0 bridgehead atoms. The van der Waals surface area contributed by atoms with Crippen LogP contribution in [0, 0.1) is 0 Å². The molecule has 0 aliphatic carbocycles. The van der Waals surface area contributed by atoms with Crippen molar-refractivity contribution >= 4 is 0 Å². The maximum absolute atomic E-state index is 5.48. The standard InChI is InChI=1S/C15H29N3O5/c1-3-15-14-18(17-16-15)4-5-20-8-9-22-12-13-23-11-10-21-7-6-19-2/h14H,3-13H2,1-2H3. The zero-order valence-electron chi connectivity index (χ0n) is 14.2. The topological polar surface area (TPSA) is 76.9 Å². The average Bonchev–Trinajstić information content (AvgIpc) is 3.03. The summed E-state index contributed by atoms with van der Waals surface area (Å²) in [5, 5.41) is 8.03. The molecule has 0 N–H and O–H groups in total. The number of rotatable bonds is 16. The maximum Gasteiger partial charge on any atom is 0.0824 e. The summed E-state index contributed by atoms with van der Waals surface area (Å²) >= 11 is 0. The van der Waals surface area contributed by atoms with Crippen molar-refractivity contribution in [1.82, 2.24) is 15.0 Å². The molecule has 1 heterocycles. The van der Waals surface area contributed by atoms with Crippen LogP contribution in [0.1, 0.15) is 12.6 Å². The Balaban J connectivity index is 1.76. The fourth-order valence-corrected chi connectivity index (χ4v) is 1.67. The zero-order valence-corrected chi connectivity index (χ0v) is 14.2. The molecule has 8 heteroatoms. The Morgan fingerprint density at radius 1 is 0.826 bits per heavy atom. The van der Waals surface area contributed by atoms with Crippen molar-refractivity contribution in [3.8, 4) is 0 Å². The Labute approximate surface area is 138 Å². The van der Waals surface area contributed by atoms with Crippen LogP contribution in [0.15, 0.2) is 6.20 Å². The lowest BCUT2D eigenvalue weighted by Crippen LogP contribution is -2.14. The van der Waals surface area contributed by atoms with Gasteiger partial charge in [-0.3, -0.25) is 0 Å². The van der Waals surface area contributed by atoms with Crippen molar-refractivity contribution in [2.75, 3.05) is 66.6 Å². The van der Waals surface area contributed by atoms with Gasteiger partial charge in [-0.15, -0.1) is 5.10 Å². The van der Waals surface area contributed by atoms with Gasteiger partial charge in [-0.25, -0.2) is 4.68 Å². The number of aromatic nitrogens is 3. The van der Waals surface area contributed by atoms with Crippen LogP contribution in [0.25, 0.3) is 0 Å². The monoisotopic (exact) mass is 331 g/mol. The lowest BCUT2D eigenvalue weighted by Gasteiger charge is -2.07. The average molecular weight is 331 g/mol. The van der Waals surface area contributed by atoms with E-state index >= 15 is 0 Å². The van der Waals surface area contributed by atoms with Gasteiger partial charge < -0.3 is 23.7 Å². The molecular formula is C15H29N3O5. The lowest BCUT2D eigenvalue weighted by atomic mass is 10.4. The molecule has 0 aromatic carbocycles. The molecule has 0 amide bonds. The predicted octanol–water partition coefficient (Wildman–Crippen LogP) is 0.553. The molecular weight excluding hydrogens is 302 g/mol. The molecule has 23 heavy (non-hydrogen) atoms. The van der Waals surface area contributed by atoms with E-state index in [2.05, 4.69) is 17.2 Å². The molecule has 0 saturated carbocycles. The highest BCUT2D eigenvalue weighted by Crippen LogP contribution is 1.93. The van der Waals surface area contributed by atoms with E-state index < -0.39 is 0 Å². The fraction of sp³-hybridized carbons (Fsp3) is 0.867. The second kappa shape index (κ2) is 14.5. The van der Waals surface area contributed by atoms with Crippen LogP contribution in [0.2, 0.25) is 0 Å². The van der Waals surface area contributed by atoms with Gasteiger partial charge in [0.25, 0.3) is 0 Å². The van der Waals surface area contributed by atoms with E-state index in [-0.39, 0.29) is 0 Å². The molecule has 0 saturated heterocycles. The van der Waals surface area contributed by atoms with Gasteiger partial charge in [0.15, 0.2) is 0 Å². The van der Waals surface area contributed by atoms with Gasteiger partial charge in [0.1, 0.15) is 0 Å². The lowest BCUT2D eigenvalue weighted by molar-refractivity contribution is -0.00847. The van der Waals surface area contributed by atoms with Gasteiger partial charge in [-0.2, -0.15) is 0 Å². The minimum Gasteiger partial charge on any atom is -0.382 e. The molecule has 0 aliphatic heterocycles. The first-order chi connectivity index (χ1) is 11.4. The first-order valence-corrected chi connectivity index (χ1v) is 8.05. The van der Waals surface area contributed by atoms with Crippen LogP contribution in [0.5, 0.6) is 0 Å².